The monoisotopic (exact) mass is 269 g/mol. The molecule has 1 unspecified atom stereocenters. The Labute approximate surface area is 116 Å². The Morgan fingerprint density at radius 2 is 2.21 bits per heavy atom. The summed E-state index contributed by atoms with van der Waals surface area (Å²) in [6.07, 6.45) is 1.99. The van der Waals surface area contributed by atoms with Gasteiger partial charge < -0.3 is 15.4 Å². The second-order valence-corrected chi connectivity index (χ2v) is 5.91. The lowest BCUT2D eigenvalue weighted by Gasteiger charge is -2.35. The molecule has 0 aromatic carbocycles. The van der Waals surface area contributed by atoms with Gasteiger partial charge in [0.2, 0.25) is 5.91 Å². The molecule has 2 N–H and O–H groups in total. The highest BCUT2D eigenvalue weighted by Crippen LogP contribution is 2.27. The first-order chi connectivity index (χ1) is 9.14. The molecule has 5 nitrogen and oxygen atoms in total. The minimum Gasteiger partial charge on any atom is -0.374 e. The van der Waals surface area contributed by atoms with Gasteiger partial charge >= 0.3 is 0 Å². The fourth-order valence-electron chi connectivity index (χ4n) is 2.82. The van der Waals surface area contributed by atoms with E-state index in [4.69, 9.17) is 4.74 Å². The molecule has 110 valence electrons. The third-order valence-electron chi connectivity index (χ3n) is 4.42. The maximum absolute atomic E-state index is 12.3. The maximum Gasteiger partial charge on any atom is 0.226 e. The number of rotatable bonds is 4. The first-order valence-corrected chi connectivity index (χ1v) is 7.47. The van der Waals surface area contributed by atoms with Crippen LogP contribution in [-0.2, 0) is 9.53 Å². The van der Waals surface area contributed by atoms with E-state index in [-0.39, 0.29) is 17.4 Å². The predicted molar refractivity (Wildman–Crippen MR) is 75.1 cm³/mol. The van der Waals surface area contributed by atoms with Crippen LogP contribution in [0.25, 0.3) is 0 Å². The van der Waals surface area contributed by atoms with Crippen molar-refractivity contribution in [1.82, 2.24) is 15.5 Å². The van der Waals surface area contributed by atoms with Gasteiger partial charge in [0.15, 0.2) is 0 Å². The van der Waals surface area contributed by atoms with Crippen molar-refractivity contribution in [2.75, 3.05) is 45.9 Å². The zero-order valence-electron chi connectivity index (χ0n) is 12.2. The fraction of sp³-hybridized carbons (Fsp3) is 0.929. The van der Waals surface area contributed by atoms with Gasteiger partial charge in [0.1, 0.15) is 0 Å². The number of morpholine rings is 1. The maximum atomic E-state index is 12.3. The van der Waals surface area contributed by atoms with Crippen LogP contribution in [0, 0.1) is 5.41 Å². The molecule has 19 heavy (non-hydrogen) atoms. The van der Waals surface area contributed by atoms with Gasteiger partial charge in [-0.3, -0.25) is 9.69 Å². The lowest BCUT2D eigenvalue weighted by Crippen LogP contribution is -2.51. The number of carbonyl (C=O) groups excluding carboxylic acids is 1. The Kier molecular flexibility index (Phi) is 5.19. The van der Waals surface area contributed by atoms with Crippen molar-refractivity contribution in [3.05, 3.63) is 0 Å². The van der Waals surface area contributed by atoms with E-state index >= 15 is 0 Å². The smallest absolute Gasteiger partial charge is 0.226 e. The van der Waals surface area contributed by atoms with Crippen molar-refractivity contribution in [3.8, 4) is 0 Å². The lowest BCUT2D eigenvalue weighted by atomic mass is 9.80. The normalized spacial score (nSPS) is 28.0. The number of nitrogens with zero attached hydrogens (tertiary/aromatic N) is 1. The molecular formula is C14H27N3O2. The molecule has 0 bridgehead atoms. The molecule has 0 aromatic heterocycles. The minimum atomic E-state index is -0.204. The van der Waals surface area contributed by atoms with Gasteiger partial charge in [-0.1, -0.05) is 13.8 Å². The van der Waals surface area contributed by atoms with Crippen molar-refractivity contribution in [2.24, 2.45) is 5.41 Å². The average molecular weight is 269 g/mol. The summed E-state index contributed by atoms with van der Waals surface area (Å²) in [6.45, 7) is 10.5. The fourth-order valence-corrected chi connectivity index (χ4v) is 2.82. The largest absolute Gasteiger partial charge is 0.374 e. The molecule has 2 saturated heterocycles. The van der Waals surface area contributed by atoms with Crippen molar-refractivity contribution in [3.63, 3.8) is 0 Å². The number of amides is 1. The van der Waals surface area contributed by atoms with E-state index in [1.165, 1.54) is 0 Å². The van der Waals surface area contributed by atoms with Gasteiger partial charge in [0, 0.05) is 25.0 Å². The van der Waals surface area contributed by atoms with E-state index < -0.39 is 0 Å². The van der Waals surface area contributed by atoms with Crippen LogP contribution in [-0.4, -0.2) is 62.8 Å². The Balaban J connectivity index is 1.76. The Morgan fingerprint density at radius 3 is 2.89 bits per heavy atom. The van der Waals surface area contributed by atoms with Gasteiger partial charge in [0.05, 0.1) is 12.7 Å². The highest BCUT2D eigenvalue weighted by atomic mass is 16.5. The summed E-state index contributed by atoms with van der Waals surface area (Å²) in [5.74, 6) is 0.186. The molecular weight excluding hydrogens is 242 g/mol. The van der Waals surface area contributed by atoms with Gasteiger partial charge in [0.25, 0.3) is 0 Å². The Bertz CT molecular complexity index is 303. The first-order valence-electron chi connectivity index (χ1n) is 7.47. The molecule has 2 fully saturated rings. The minimum absolute atomic E-state index is 0.142. The zero-order chi connectivity index (χ0) is 13.7. The third-order valence-corrected chi connectivity index (χ3v) is 4.42. The SMILES string of the molecule is CCN1CCOC(CNC(=O)C2(C)CCNCC2)C1. The molecule has 5 heteroatoms. The van der Waals surface area contributed by atoms with E-state index in [0.29, 0.717) is 6.54 Å². The number of likely N-dealkylation sites (N-methyl/N-ethyl adjacent to an activating group) is 1. The van der Waals surface area contributed by atoms with E-state index in [9.17, 15) is 4.79 Å². The molecule has 0 spiro atoms. The lowest BCUT2D eigenvalue weighted by molar-refractivity contribution is -0.132. The predicted octanol–water partition coefficient (Wildman–Crippen LogP) is 0.213. The van der Waals surface area contributed by atoms with Gasteiger partial charge in [-0.2, -0.15) is 0 Å². The molecule has 2 aliphatic rings. The molecule has 0 saturated carbocycles. The summed E-state index contributed by atoms with van der Waals surface area (Å²) in [7, 11) is 0. The quantitative estimate of drug-likeness (QED) is 0.766. The summed E-state index contributed by atoms with van der Waals surface area (Å²) in [4.78, 5) is 14.7. The average Bonchev–Trinajstić information content (AvgIpc) is 2.45. The van der Waals surface area contributed by atoms with E-state index in [1.807, 2.05) is 0 Å². The number of carbonyl (C=O) groups is 1. The van der Waals surface area contributed by atoms with Gasteiger partial charge in [-0.05, 0) is 32.5 Å². The summed E-state index contributed by atoms with van der Waals surface area (Å²) in [5, 5.41) is 6.39. The van der Waals surface area contributed by atoms with Crippen LogP contribution in [0.15, 0.2) is 0 Å². The number of hydrogen-bond donors (Lipinski definition) is 2. The Morgan fingerprint density at radius 1 is 1.47 bits per heavy atom. The summed E-state index contributed by atoms with van der Waals surface area (Å²) < 4.78 is 5.71. The molecule has 0 aliphatic carbocycles. The molecule has 1 amide bonds. The second kappa shape index (κ2) is 6.68. The molecule has 2 rings (SSSR count). The van der Waals surface area contributed by atoms with Crippen LogP contribution < -0.4 is 10.6 Å². The molecule has 0 radical (unpaired) electrons. The van der Waals surface area contributed by atoms with Crippen molar-refractivity contribution < 1.29 is 9.53 Å². The van der Waals surface area contributed by atoms with Crippen LogP contribution in [0.2, 0.25) is 0 Å². The van der Waals surface area contributed by atoms with Gasteiger partial charge in [-0.25, -0.2) is 0 Å². The molecule has 0 aromatic rings. The number of nitrogens with one attached hydrogen (secondary N) is 2. The van der Waals surface area contributed by atoms with Crippen LogP contribution in [0.3, 0.4) is 0 Å². The number of hydrogen-bond acceptors (Lipinski definition) is 4. The summed E-state index contributed by atoms with van der Waals surface area (Å²) in [5.41, 5.74) is -0.204. The summed E-state index contributed by atoms with van der Waals surface area (Å²) >= 11 is 0. The second-order valence-electron chi connectivity index (χ2n) is 5.91. The van der Waals surface area contributed by atoms with E-state index in [0.717, 1.165) is 52.2 Å². The van der Waals surface area contributed by atoms with Crippen molar-refractivity contribution in [1.29, 1.82) is 0 Å². The van der Waals surface area contributed by atoms with E-state index in [1.54, 1.807) is 0 Å². The molecule has 2 aliphatic heterocycles. The van der Waals surface area contributed by atoms with Crippen LogP contribution in [0.4, 0.5) is 0 Å². The highest BCUT2D eigenvalue weighted by Gasteiger charge is 2.34. The van der Waals surface area contributed by atoms with E-state index in [2.05, 4.69) is 29.4 Å². The third kappa shape index (κ3) is 3.91. The number of ether oxygens (including phenoxy) is 1. The molecule has 2 heterocycles. The summed E-state index contributed by atoms with van der Waals surface area (Å²) in [6, 6.07) is 0. The zero-order valence-corrected chi connectivity index (χ0v) is 12.2. The van der Waals surface area contributed by atoms with Crippen molar-refractivity contribution >= 4 is 5.91 Å². The topological polar surface area (TPSA) is 53.6 Å². The molecule has 1 atom stereocenters. The highest BCUT2D eigenvalue weighted by molar-refractivity contribution is 5.82. The number of piperidine rings is 1. The van der Waals surface area contributed by atoms with Crippen LogP contribution >= 0.6 is 0 Å². The van der Waals surface area contributed by atoms with Crippen LogP contribution in [0.5, 0.6) is 0 Å². The van der Waals surface area contributed by atoms with Gasteiger partial charge in [-0.15, -0.1) is 0 Å². The first kappa shape index (κ1) is 14.8. The van der Waals surface area contributed by atoms with Crippen LogP contribution in [0.1, 0.15) is 26.7 Å². The Hall–Kier alpha value is -0.650. The van der Waals surface area contributed by atoms with Crippen molar-refractivity contribution in [2.45, 2.75) is 32.8 Å². The standard InChI is InChI=1S/C14H27N3O2/c1-3-17-8-9-19-12(11-17)10-16-13(18)14(2)4-6-15-7-5-14/h12,15H,3-11H2,1-2H3,(H,16,18).